The quantitative estimate of drug-likeness (QED) is 0.843. The molecule has 1 fully saturated rings. The highest BCUT2D eigenvalue weighted by molar-refractivity contribution is 5.92. The van der Waals surface area contributed by atoms with Crippen LogP contribution < -0.4 is 11.1 Å². The zero-order chi connectivity index (χ0) is 13.7. The predicted octanol–water partition coefficient (Wildman–Crippen LogP) is 0.804. The molecule has 5 nitrogen and oxygen atoms in total. The van der Waals surface area contributed by atoms with E-state index in [0.717, 1.165) is 24.3 Å². The molecule has 0 bridgehead atoms. The van der Waals surface area contributed by atoms with Crippen molar-refractivity contribution in [3.05, 3.63) is 29.8 Å². The van der Waals surface area contributed by atoms with E-state index in [1.165, 1.54) is 0 Å². The van der Waals surface area contributed by atoms with E-state index in [0.29, 0.717) is 19.7 Å². The van der Waals surface area contributed by atoms with E-state index < -0.39 is 0 Å². The Labute approximate surface area is 113 Å². The molecule has 0 spiro atoms. The molecule has 1 saturated heterocycles. The van der Waals surface area contributed by atoms with Gasteiger partial charge in [0.1, 0.15) is 0 Å². The van der Waals surface area contributed by atoms with E-state index in [2.05, 4.69) is 10.2 Å². The maximum atomic E-state index is 12.0. The summed E-state index contributed by atoms with van der Waals surface area (Å²) in [6, 6.07) is 7.62. The van der Waals surface area contributed by atoms with Crippen LogP contribution in [0.2, 0.25) is 0 Å². The van der Waals surface area contributed by atoms with Gasteiger partial charge in [-0.05, 0) is 24.6 Å². The lowest BCUT2D eigenvalue weighted by Crippen LogP contribution is -2.44. The normalized spacial score (nSPS) is 20.2. The molecule has 3 N–H and O–H groups in total. The maximum Gasteiger partial charge on any atom is 0.238 e. The number of hydrogen-bond donors (Lipinski definition) is 2. The molecule has 1 unspecified atom stereocenters. The van der Waals surface area contributed by atoms with Crippen molar-refractivity contribution in [1.82, 2.24) is 4.90 Å². The van der Waals surface area contributed by atoms with Crippen molar-refractivity contribution in [3.63, 3.8) is 0 Å². The van der Waals surface area contributed by atoms with Crippen LogP contribution in [0.3, 0.4) is 0 Å². The smallest absolute Gasteiger partial charge is 0.238 e. The minimum absolute atomic E-state index is 0.00303. The Bertz CT molecular complexity index is 436. The Kier molecular flexibility index (Phi) is 4.90. The number of ether oxygens (including phenoxy) is 1. The Morgan fingerprint density at radius 2 is 2.42 bits per heavy atom. The molecule has 1 aliphatic heterocycles. The summed E-state index contributed by atoms with van der Waals surface area (Å²) in [6.07, 6.45) is 0.196. The van der Waals surface area contributed by atoms with E-state index in [4.69, 9.17) is 10.5 Å². The summed E-state index contributed by atoms with van der Waals surface area (Å²) in [5.74, 6) is 0.00303. The van der Waals surface area contributed by atoms with Gasteiger partial charge in [0.25, 0.3) is 0 Å². The van der Waals surface area contributed by atoms with Crippen LogP contribution in [0.1, 0.15) is 12.5 Å². The molecule has 5 heteroatoms. The lowest BCUT2D eigenvalue weighted by atomic mass is 10.2. The summed E-state index contributed by atoms with van der Waals surface area (Å²) >= 11 is 0. The first-order valence-electron chi connectivity index (χ1n) is 6.60. The molecule has 0 saturated carbocycles. The van der Waals surface area contributed by atoms with E-state index in [1.54, 1.807) is 0 Å². The molecule has 104 valence electrons. The van der Waals surface area contributed by atoms with Crippen molar-refractivity contribution in [1.29, 1.82) is 0 Å². The van der Waals surface area contributed by atoms with Gasteiger partial charge in [-0.3, -0.25) is 9.69 Å². The molecule has 1 amide bonds. The van der Waals surface area contributed by atoms with Crippen molar-refractivity contribution in [3.8, 4) is 0 Å². The molecule has 1 aromatic rings. The van der Waals surface area contributed by atoms with Crippen LogP contribution in [0.15, 0.2) is 24.3 Å². The number of carbonyl (C=O) groups is 1. The summed E-state index contributed by atoms with van der Waals surface area (Å²) in [7, 11) is 0. The minimum atomic E-state index is 0.00303. The van der Waals surface area contributed by atoms with Gasteiger partial charge in [0.05, 0.1) is 19.3 Å². The standard InChI is InChI=1S/C14H21N3O2/c1-11-9-17(5-6-19-11)10-14(18)16-13-4-2-3-12(7-13)8-15/h2-4,7,11H,5-6,8-10,15H2,1H3,(H,16,18). The number of morpholine rings is 1. The highest BCUT2D eigenvalue weighted by Crippen LogP contribution is 2.10. The van der Waals surface area contributed by atoms with Crippen LogP contribution in [0.4, 0.5) is 5.69 Å². The molecule has 1 aliphatic rings. The van der Waals surface area contributed by atoms with Crippen LogP contribution in [0.25, 0.3) is 0 Å². The highest BCUT2D eigenvalue weighted by atomic mass is 16.5. The first-order chi connectivity index (χ1) is 9.17. The Balaban J connectivity index is 1.86. The van der Waals surface area contributed by atoms with Gasteiger partial charge >= 0.3 is 0 Å². The largest absolute Gasteiger partial charge is 0.376 e. The molecule has 2 rings (SSSR count). The SMILES string of the molecule is CC1CN(CC(=O)Nc2cccc(CN)c2)CCO1. The Morgan fingerprint density at radius 1 is 1.58 bits per heavy atom. The van der Waals surface area contributed by atoms with E-state index in [-0.39, 0.29) is 12.0 Å². The highest BCUT2D eigenvalue weighted by Gasteiger charge is 2.18. The van der Waals surface area contributed by atoms with Gasteiger partial charge < -0.3 is 15.8 Å². The van der Waals surface area contributed by atoms with Crippen LogP contribution in [-0.2, 0) is 16.1 Å². The van der Waals surface area contributed by atoms with Crippen molar-refractivity contribution in [2.75, 3.05) is 31.6 Å². The topological polar surface area (TPSA) is 67.6 Å². The molecule has 0 radical (unpaired) electrons. The summed E-state index contributed by atoms with van der Waals surface area (Å²) in [4.78, 5) is 14.1. The number of amides is 1. The van der Waals surface area contributed by atoms with E-state index in [1.807, 2.05) is 31.2 Å². The minimum Gasteiger partial charge on any atom is -0.376 e. The van der Waals surface area contributed by atoms with Crippen LogP contribution in [0.5, 0.6) is 0 Å². The number of nitrogens with two attached hydrogens (primary N) is 1. The Hall–Kier alpha value is -1.43. The average Bonchev–Trinajstić information content (AvgIpc) is 2.38. The molecular weight excluding hydrogens is 242 g/mol. The number of nitrogens with one attached hydrogen (secondary N) is 1. The summed E-state index contributed by atoms with van der Waals surface area (Å²) < 4.78 is 5.45. The second-order valence-corrected chi connectivity index (χ2v) is 4.87. The van der Waals surface area contributed by atoms with Crippen LogP contribution >= 0.6 is 0 Å². The number of hydrogen-bond acceptors (Lipinski definition) is 4. The monoisotopic (exact) mass is 263 g/mol. The molecule has 0 aromatic heterocycles. The van der Waals surface area contributed by atoms with Crippen molar-refractivity contribution in [2.45, 2.75) is 19.6 Å². The first-order valence-corrected chi connectivity index (χ1v) is 6.60. The van der Waals surface area contributed by atoms with Gasteiger partial charge in [0, 0.05) is 25.3 Å². The van der Waals surface area contributed by atoms with Crippen LogP contribution in [0, 0.1) is 0 Å². The lowest BCUT2D eigenvalue weighted by Gasteiger charge is -2.30. The second kappa shape index (κ2) is 6.65. The molecule has 1 atom stereocenters. The predicted molar refractivity (Wildman–Crippen MR) is 74.8 cm³/mol. The maximum absolute atomic E-state index is 12.0. The first kappa shape index (κ1) is 14.0. The number of rotatable bonds is 4. The number of carbonyl (C=O) groups excluding carboxylic acids is 1. The van der Waals surface area contributed by atoms with Crippen molar-refractivity contribution < 1.29 is 9.53 Å². The molecular formula is C14H21N3O2. The lowest BCUT2D eigenvalue weighted by molar-refractivity contribution is -0.119. The third-order valence-corrected chi connectivity index (χ3v) is 3.14. The van der Waals surface area contributed by atoms with Gasteiger partial charge in [-0.15, -0.1) is 0 Å². The third kappa shape index (κ3) is 4.31. The fourth-order valence-electron chi connectivity index (χ4n) is 2.21. The number of anilines is 1. The fraction of sp³-hybridized carbons (Fsp3) is 0.500. The second-order valence-electron chi connectivity index (χ2n) is 4.87. The van der Waals surface area contributed by atoms with Gasteiger partial charge in [-0.2, -0.15) is 0 Å². The summed E-state index contributed by atoms with van der Waals surface area (Å²) in [5, 5.41) is 2.90. The van der Waals surface area contributed by atoms with Gasteiger partial charge in [-0.25, -0.2) is 0 Å². The molecule has 1 heterocycles. The number of benzene rings is 1. The molecule has 19 heavy (non-hydrogen) atoms. The van der Waals surface area contributed by atoms with Gasteiger partial charge in [-0.1, -0.05) is 12.1 Å². The van der Waals surface area contributed by atoms with Crippen molar-refractivity contribution in [2.24, 2.45) is 5.73 Å². The number of nitrogens with zero attached hydrogens (tertiary/aromatic N) is 1. The average molecular weight is 263 g/mol. The molecule has 1 aromatic carbocycles. The molecule has 0 aliphatic carbocycles. The van der Waals surface area contributed by atoms with E-state index >= 15 is 0 Å². The van der Waals surface area contributed by atoms with Crippen LogP contribution in [-0.4, -0.2) is 43.2 Å². The summed E-state index contributed by atoms with van der Waals surface area (Å²) in [5.41, 5.74) is 7.39. The zero-order valence-electron chi connectivity index (χ0n) is 11.3. The van der Waals surface area contributed by atoms with Gasteiger partial charge in [0.2, 0.25) is 5.91 Å². The fourth-order valence-corrected chi connectivity index (χ4v) is 2.21. The van der Waals surface area contributed by atoms with Crippen molar-refractivity contribution >= 4 is 11.6 Å². The van der Waals surface area contributed by atoms with E-state index in [9.17, 15) is 4.79 Å². The Morgan fingerprint density at radius 3 is 3.16 bits per heavy atom. The third-order valence-electron chi connectivity index (χ3n) is 3.14. The zero-order valence-corrected chi connectivity index (χ0v) is 11.3. The summed E-state index contributed by atoms with van der Waals surface area (Å²) in [6.45, 7) is 5.20. The van der Waals surface area contributed by atoms with Gasteiger partial charge in [0.15, 0.2) is 0 Å².